The maximum atomic E-state index is 14.2. The third kappa shape index (κ3) is 2.82. The van der Waals surface area contributed by atoms with Gasteiger partial charge in [0.15, 0.2) is 5.76 Å². The second-order valence-electron chi connectivity index (χ2n) is 9.55. The summed E-state index contributed by atoms with van der Waals surface area (Å²) in [6, 6.07) is 28.0. The summed E-state index contributed by atoms with van der Waals surface area (Å²) in [5, 5.41) is 4.37. The average molecular weight is 488 g/mol. The lowest BCUT2D eigenvalue weighted by molar-refractivity contribution is -0.122. The highest BCUT2D eigenvalue weighted by molar-refractivity contribution is 6.25. The Balaban J connectivity index is 1.44. The van der Waals surface area contributed by atoms with Crippen LogP contribution >= 0.6 is 0 Å². The SMILES string of the molecule is O=C(N/N=C/C12c3ccccc3C(c3ccccc31)C1C(=O)N(c3ccccc3)C(=O)C12)c1ccco1. The molecule has 3 aromatic carbocycles. The van der Waals surface area contributed by atoms with Gasteiger partial charge in [-0.05, 0) is 46.5 Å². The zero-order valence-corrected chi connectivity index (χ0v) is 19.6. The molecule has 1 fully saturated rings. The number of hydrazone groups is 1. The van der Waals surface area contributed by atoms with Crippen LogP contribution in [-0.4, -0.2) is 23.9 Å². The Labute approximate surface area is 212 Å². The molecule has 7 nitrogen and oxygen atoms in total. The van der Waals surface area contributed by atoms with E-state index in [0.717, 1.165) is 22.3 Å². The van der Waals surface area contributed by atoms with Gasteiger partial charge >= 0.3 is 5.91 Å². The molecule has 1 aliphatic heterocycles. The number of imide groups is 1. The summed E-state index contributed by atoms with van der Waals surface area (Å²) < 4.78 is 5.18. The number of anilines is 1. The Hall–Kier alpha value is -4.78. The van der Waals surface area contributed by atoms with Crippen molar-refractivity contribution in [3.05, 3.63) is 125 Å². The number of furan rings is 1. The molecular weight excluding hydrogens is 466 g/mol. The highest BCUT2D eigenvalue weighted by atomic mass is 16.3. The highest BCUT2D eigenvalue weighted by Crippen LogP contribution is 2.63. The van der Waals surface area contributed by atoms with Gasteiger partial charge in [0.05, 0.1) is 29.2 Å². The molecule has 37 heavy (non-hydrogen) atoms. The zero-order chi connectivity index (χ0) is 25.1. The quantitative estimate of drug-likeness (QED) is 0.265. The van der Waals surface area contributed by atoms with Crippen molar-refractivity contribution in [1.82, 2.24) is 5.43 Å². The summed E-state index contributed by atoms with van der Waals surface area (Å²) in [4.78, 5) is 42.1. The smallest absolute Gasteiger partial charge is 0.307 e. The van der Waals surface area contributed by atoms with E-state index in [2.05, 4.69) is 10.5 Å². The lowest BCUT2D eigenvalue weighted by Gasteiger charge is -2.52. The Morgan fingerprint density at radius 1 is 0.838 bits per heavy atom. The lowest BCUT2D eigenvalue weighted by atomic mass is 9.47. The minimum atomic E-state index is -1.04. The van der Waals surface area contributed by atoms with Crippen molar-refractivity contribution in [2.45, 2.75) is 11.3 Å². The monoisotopic (exact) mass is 487 g/mol. The van der Waals surface area contributed by atoms with E-state index in [0.29, 0.717) is 5.69 Å². The molecule has 2 atom stereocenters. The zero-order valence-electron chi connectivity index (χ0n) is 19.6. The third-order valence-corrected chi connectivity index (χ3v) is 7.88. The molecule has 0 saturated carbocycles. The van der Waals surface area contributed by atoms with Gasteiger partial charge in [-0.2, -0.15) is 5.10 Å². The van der Waals surface area contributed by atoms with Crippen molar-refractivity contribution in [2.75, 3.05) is 4.90 Å². The molecule has 1 saturated heterocycles. The van der Waals surface area contributed by atoms with Crippen molar-refractivity contribution in [2.24, 2.45) is 16.9 Å². The van der Waals surface area contributed by atoms with Crippen LogP contribution in [0, 0.1) is 11.8 Å². The Bertz CT molecular complexity index is 1540. The molecule has 2 unspecified atom stereocenters. The van der Waals surface area contributed by atoms with Gasteiger partial charge in [-0.25, -0.2) is 10.3 Å². The fraction of sp³-hybridized carbons (Fsp3) is 0.133. The number of hydrogen-bond acceptors (Lipinski definition) is 5. The maximum absolute atomic E-state index is 14.2. The predicted octanol–water partition coefficient (Wildman–Crippen LogP) is 4.25. The van der Waals surface area contributed by atoms with Crippen LogP contribution in [0.1, 0.15) is 38.7 Å². The van der Waals surface area contributed by atoms with Gasteiger partial charge in [-0.1, -0.05) is 66.7 Å². The van der Waals surface area contributed by atoms with Gasteiger partial charge in [0, 0.05) is 12.1 Å². The highest BCUT2D eigenvalue weighted by Gasteiger charge is 2.68. The third-order valence-electron chi connectivity index (χ3n) is 7.88. The van der Waals surface area contributed by atoms with E-state index < -0.39 is 23.2 Å². The molecule has 180 valence electrons. The average Bonchev–Trinajstić information content (AvgIpc) is 3.57. The van der Waals surface area contributed by atoms with E-state index in [1.165, 1.54) is 11.2 Å². The molecule has 7 heteroatoms. The molecular formula is C30H21N3O4. The van der Waals surface area contributed by atoms with E-state index in [4.69, 9.17) is 4.42 Å². The minimum Gasteiger partial charge on any atom is -0.459 e. The summed E-state index contributed by atoms with van der Waals surface area (Å²) in [6.07, 6.45) is 3.05. The standard InChI is InChI=1S/C30H21N3O4/c34-27(23-15-8-16-37-23)32-31-17-30-21-13-6-4-11-19(21)24(20-12-5-7-14-22(20)30)25-26(30)29(36)33(28(25)35)18-9-2-1-3-10-18/h1-17,24-26H,(H,32,34)/b31-17+. The van der Waals surface area contributed by atoms with Crippen molar-refractivity contribution in [3.8, 4) is 0 Å². The first kappa shape index (κ1) is 21.5. The number of nitrogens with one attached hydrogen (secondary N) is 1. The Morgan fingerprint density at radius 3 is 2.14 bits per heavy atom. The Kier molecular flexibility index (Phi) is 4.57. The molecule has 1 N–H and O–H groups in total. The van der Waals surface area contributed by atoms with Gasteiger partial charge in [0.25, 0.3) is 0 Å². The van der Waals surface area contributed by atoms with E-state index in [1.54, 1.807) is 30.5 Å². The first-order chi connectivity index (χ1) is 18.1. The van der Waals surface area contributed by atoms with Crippen molar-refractivity contribution in [1.29, 1.82) is 0 Å². The number of amides is 3. The van der Waals surface area contributed by atoms with Gasteiger partial charge in [0.2, 0.25) is 11.8 Å². The molecule has 4 aromatic rings. The second kappa shape index (κ2) is 7.86. The molecule has 0 spiro atoms. The van der Waals surface area contributed by atoms with E-state index >= 15 is 0 Å². The van der Waals surface area contributed by atoms with Crippen molar-refractivity contribution in [3.63, 3.8) is 0 Å². The van der Waals surface area contributed by atoms with Crippen LogP contribution < -0.4 is 10.3 Å². The van der Waals surface area contributed by atoms with Gasteiger partial charge < -0.3 is 4.42 Å². The van der Waals surface area contributed by atoms with Crippen LogP contribution in [0.2, 0.25) is 0 Å². The topological polar surface area (TPSA) is 92.0 Å². The molecule has 4 aliphatic rings. The summed E-state index contributed by atoms with van der Waals surface area (Å²) in [5.41, 5.74) is 5.91. The van der Waals surface area contributed by atoms with E-state index in [9.17, 15) is 14.4 Å². The van der Waals surface area contributed by atoms with Crippen LogP contribution in [0.3, 0.4) is 0 Å². The van der Waals surface area contributed by atoms with Crippen LogP contribution in [-0.2, 0) is 15.0 Å². The number of hydrogen-bond donors (Lipinski definition) is 1. The molecule has 3 amide bonds. The fourth-order valence-corrected chi connectivity index (χ4v) is 6.54. The van der Waals surface area contributed by atoms with Gasteiger partial charge in [0.1, 0.15) is 0 Å². The number of para-hydroxylation sites is 1. The normalized spacial score (nSPS) is 25.2. The first-order valence-corrected chi connectivity index (χ1v) is 12.1. The number of carbonyl (C=O) groups is 3. The molecule has 8 rings (SSSR count). The summed E-state index contributed by atoms with van der Waals surface area (Å²) in [7, 11) is 0. The van der Waals surface area contributed by atoms with Crippen LogP contribution in [0.15, 0.2) is 107 Å². The van der Waals surface area contributed by atoms with E-state index in [1.807, 2.05) is 66.7 Å². The summed E-state index contributed by atoms with van der Waals surface area (Å²) in [6.45, 7) is 0. The predicted molar refractivity (Wildman–Crippen MR) is 136 cm³/mol. The molecule has 0 radical (unpaired) electrons. The molecule has 3 aliphatic carbocycles. The van der Waals surface area contributed by atoms with Crippen molar-refractivity contribution >= 4 is 29.6 Å². The first-order valence-electron chi connectivity index (χ1n) is 12.1. The lowest BCUT2D eigenvalue weighted by Crippen LogP contribution is -2.54. The van der Waals surface area contributed by atoms with Gasteiger partial charge in [-0.3, -0.25) is 14.4 Å². The Morgan fingerprint density at radius 2 is 1.49 bits per heavy atom. The fourth-order valence-electron chi connectivity index (χ4n) is 6.54. The summed E-state index contributed by atoms with van der Waals surface area (Å²) in [5.74, 6) is -2.41. The summed E-state index contributed by atoms with van der Waals surface area (Å²) >= 11 is 0. The second-order valence-corrected chi connectivity index (χ2v) is 9.55. The van der Waals surface area contributed by atoms with Crippen LogP contribution in [0.5, 0.6) is 0 Å². The number of rotatable bonds is 4. The molecule has 2 heterocycles. The van der Waals surface area contributed by atoms with Crippen molar-refractivity contribution < 1.29 is 18.8 Å². The molecule has 2 bridgehead atoms. The maximum Gasteiger partial charge on any atom is 0.307 e. The van der Waals surface area contributed by atoms with Crippen LogP contribution in [0.4, 0.5) is 5.69 Å². The number of benzene rings is 3. The minimum absolute atomic E-state index is 0.128. The van der Waals surface area contributed by atoms with Gasteiger partial charge in [-0.15, -0.1) is 0 Å². The largest absolute Gasteiger partial charge is 0.459 e. The van der Waals surface area contributed by atoms with E-state index in [-0.39, 0.29) is 23.5 Å². The van der Waals surface area contributed by atoms with Crippen LogP contribution in [0.25, 0.3) is 0 Å². The number of carbonyl (C=O) groups excluding carboxylic acids is 3. The number of nitrogens with zero attached hydrogens (tertiary/aromatic N) is 2. The molecule has 1 aromatic heterocycles.